The summed E-state index contributed by atoms with van der Waals surface area (Å²) in [6.07, 6.45) is 3.38. The molecule has 1 atom stereocenters. The first-order valence-electron chi connectivity index (χ1n) is 13.8. The van der Waals surface area contributed by atoms with Crippen molar-refractivity contribution in [1.29, 1.82) is 0 Å². The molecule has 4 aromatic rings. The summed E-state index contributed by atoms with van der Waals surface area (Å²) in [6.45, 7) is 6.11. The summed E-state index contributed by atoms with van der Waals surface area (Å²) in [5.41, 5.74) is 5.10. The number of halogens is 1. The van der Waals surface area contributed by atoms with Crippen LogP contribution in [0.3, 0.4) is 0 Å². The van der Waals surface area contributed by atoms with Crippen molar-refractivity contribution < 1.29 is 24.1 Å². The number of fused-ring (bicyclic) bond motifs is 1. The Morgan fingerprint density at radius 2 is 2.02 bits per heavy atom. The number of carboxylic acid groups (broad SMARTS) is 1. The van der Waals surface area contributed by atoms with E-state index in [1.54, 1.807) is 19.1 Å². The van der Waals surface area contributed by atoms with Crippen LogP contribution in [0, 0.1) is 0 Å². The van der Waals surface area contributed by atoms with Crippen LogP contribution in [0.25, 0.3) is 17.1 Å². The largest absolute Gasteiger partial charge is 0.487 e. The molecule has 0 amide bonds. The third-order valence-electron chi connectivity index (χ3n) is 7.55. The number of pyridine rings is 1. The van der Waals surface area contributed by atoms with E-state index in [-0.39, 0.29) is 18.1 Å². The van der Waals surface area contributed by atoms with E-state index in [4.69, 9.17) is 30.8 Å². The van der Waals surface area contributed by atoms with Gasteiger partial charge in [0.2, 0.25) is 5.88 Å². The maximum absolute atomic E-state index is 11.7. The minimum absolute atomic E-state index is 0.0314. The van der Waals surface area contributed by atoms with E-state index in [9.17, 15) is 9.90 Å². The summed E-state index contributed by atoms with van der Waals surface area (Å²) < 4.78 is 18.9. The quantitative estimate of drug-likeness (QED) is 0.283. The fourth-order valence-corrected chi connectivity index (χ4v) is 5.70. The Bertz CT molecular complexity index is 1570. The highest BCUT2D eigenvalue weighted by molar-refractivity contribution is 6.32. The second kappa shape index (κ2) is 11.9. The topological polar surface area (TPSA) is 98.9 Å². The van der Waals surface area contributed by atoms with Crippen LogP contribution in [0.2, 0.25) is 5.02 Å². The van der Waals surface area contributed by atoms with Gasteiger partial charge >= 0.3 is 5.97 Å². The predicted octanol–water partition coefficient (Wildman–Crippen LogP) is 5.41. The lowest BCUT2D eigenvalue weighted by Crippen LogP contribution is -2.39. The molecule has 0 aliphatic carbocycles. The lowest BCUT2D eigenvalue weighted by molar-refractivity contribution is 0.0692. The zero-order valence-corrected chi connectivity index (χ0v) is 23.5. The Kier molecular flexibility index (Phi) is 7.91. The molecule has 2 aromatic heterocycles. The lowest BCUT2D eigenvalue weighted by Gasteiger charge is -2.33. The van der Waals surface area contributed by atoms with E-state index >= 15 is 0 Å². The molecule has 10 heteroatoms. The molecule has 2 aromatic carbocycles. The lowest BCUT2D eigenvalue weighted by atomic mass is 9.96. The molecular formula is C31H31ClN4O5. The second-order valence-corrected chi connectivity index (χ2v) is 10.5. The van der Waals surface area contributed by atoms with E-state index in [0.717, 1.165) is 50.3 Å². The molecule has 2 aliphatic rings. The van der Waals surface area contributed by atoms with Crippen LogP contribution >= 0.6 is 11.6 Å². The molecule has 1 fully saturated rings. The van der Waals surface area contributed by atoms with Crippen LogP contribution in [0.4, 0.5) is 0 Å². The third kappa shape index (κ3) is 5.66. The number of rotatable bonds is 9. The summed E-state index contributed by atoms with van der Waals surface area (Å²) in [6, 6.07) is 18.0. The van der Waals surface area contributed by atoms with E-state index in [2.05, 4.69) is 28.2 Å². The summed E-state index contributed by atoms with van der Waals surface area (Å²) >= 11 is 6.63. The van der Waals surface area contributed by atoms with Crippen molar-refractivity contribution in [2.24, 2.45) is 0 Å². The average Bonchev–Trinajstić information content (AvgIpc) is 3.67. The summed E-state index contributed by atoms with van der Waals surface area (Å²) in [7, 11) is 0. The summed E-state index contributed by atoms with van der Waals surface area (Å²) in [5.74, 6) is -0.0541. The highest BCUT2D eigenvalue weighted by atomic mass is 35.5. The number of benzene rings is 2. The highest BCUT2D eigenvalue weighted by Crippen LogP contribution is 2.37. The van der Waals surface area contributed by atoms with Crippen molar-refractivity contribution in [3.8, 4) is 28.7 Å². The SMILES string of the molecule is CCOc1c(C(=O)O)cnn1-c1cccc(-c2cccc(Cl)c2OCc2ccc3c(c2)CCN(C2CCOC2)C3)n1. The van der Waals surface area contributed by atoms with E-state index in [0.29, 0.717) is 34.9 Å². The monoisotopic (exact) mass is 574 g/mol. The van der Waals surface area contributed by atoms with Gasteiger partial charge < -0.3 is 19.3 Å². The van der Waals surface area contributed by atoms with Crippen molar-refractivity contribution in [3.63, 3.8) is 0 Å². The molecule has 4 heterocycles. The minimum Gasteiger partial charge on any atom is -0.487 e. The van der Waals surface area contributed by atoms with Crippen molar-refractivity contribution >= 4 is 17.6 Å². The van der Waals surface area contributed by atoms with Gasteiger partial charge in [-0.05, 0) is 60.7 Å². The molecule has 1 unspecified atom stereocenters. The fraction of sp³-hybridized carbons (Fsp3) is 0.323. The molecular weight excluding hydrogens is 544 g/mol. The number of para-hydroxylation sites is 1. The van der Waals surface area contributed by atoms with Crippen LogP contribution < -0.4 is 9.47 Å². The number of nitrogens with zero attached hydrogens (tertiary/aromatic N) is 4. The molecule has 0 spiro atoms. The van der Waals surface area contributed by atoms with Crippen LogP contribution in [0.5, 0.6) is 11.6 Å². The van der Waals surface area contributed by atoms with Crippen molar-refractivity contribution in [1.82, 2.24) is 19.7 Å². The molecule has 6 rings (SSSR count). The van der Waals surface area contributed by atoms with E-state index < -0.39 is 5.97 Å². The van der Waals surface area contributed by atoms with E-state index in [1.165, 1.54) is 22.0 Å². The van der Waals surface area contributed by atoms with Crippen molar-refractivity contribution in [2.75, 3.05) is 26.4 Å². The molecule has 1 saturated heterocycles. The van der Waals surface area contributed by atoms with Gasteiger partial charge in [-0.3, -0.25) is 4.90 Å². The smallest absolute Gasteiger partial charge is 0.342 e. The average molecular weight is 575 g/mol. The van der Waals surface area contributed by atoms with Gasteiger partial charge in [0, 0.05) is 31.3 Å². The fourth-order valence-electron chi connectivity index (χ4n) is 5.47. The van der Waals surface area contributed by atoms with Crippen molar-refractivity contribution in [2.45, 2.75) is 39.0 Å². The van der Waals surface area contributed by atoms with Gasteiger partial charge in [-0.1, -0.05) is 41.9 Å². The van der Waals surface area contributed by atoms with Gasteiger partial charge in [-0.2, -0.15) is 9.78 Å². The number of hydrogen-bond acceptors (Lipinski definition) is 7. The maximum Gasteiger partial charge on any atom is 0.342 e. The third-order valence-corrected chi connectivity index (χ3v) is 7.85. The summed E-state index contributed by atoms with van der Waals surface area (Å²) in [4.78, 5) is 18.9. The van der Waals surface area contributed by atoms with Gasteiger partial charge in [-0.15, -0.1) is 0 Å². The minimum atomic E-state index is -1.12. The Morgan fingerprint density at radius 3 is 2.83 bits per heavy atom. The first kappa shape index (κ1) is 27.3. The van der Waals surface area contributed by atoms with Crippen LogP contribution in [0.1, 0.15) is 40.4 Å². The molecule has 1 N–H and O–H groups in total. The van der Waals surface area contributed by atoms with Gasteiger partial charge in [-0.25, -0.2) is 9.78 Å². The highest BCUT2D eigenvalue weighted by Gasteiger charge is 2.27. The molecule has 0 radical (unpaired) electrons. The number of hydrogen-bond donors (Lipinski definition) is 1. The zero-order chi connectivity index (χ0) is 28.3. The Balaban J connectivity index is 1.23. The Morgan fingerprint density at radius 1 is 1.15 bits per heavy atom. The first-order chi connectivity index (χ1) is 20.0. The normalized spacial score (nSPS) is 16.9. The maximum atomic E-state index is 11.7. The number of aromatic carboxylic acids is 1. The van der Waals surface area contributed by atoms with Crippen molar-refractivity contribution in [3.05, 3.63) is 88.1 Å². The second-order valence-electron chi connectivity index (χ2n) is 10.1. The molecule has 0 bridgehead atoms. The van der Waals surface area contributed by atoms with Gasteiger partial charge in [0.15, 0.2) is 5.82 Å². The number of carbonyl (C=O) groups is 1. The Hall–Kier alpha value is -3.92. The van der Waals surface area contributed by atoms with Gasteiger partial charge in [0.25, 0.3) is 0 Å². The number of aromatic nitrogens is 3. The van der Waals surface area contributed by atoms with Crippen LogP contribution in [-0.4, -0.2) is 63.1 Å². The predicted molar refractivity (Wildman–Crippen MR) is 154 cm³/mol. The number of ether oxygens (including phenoxy) is 3. The molecule has 212 valence electrons. The molecule has 2 aliphatic heterocycles. The first-order valence-corrected chi connectivity index (χ1v) is 14.1. The zero-order valence-electron chi connectivity index (χ0n) is 22.8. The standard InChI is InChI=1S/C31H31ClN4O5/c1-2-40-30-25(31(37)38)16-33-36(30)28-8-4-7-27(34-28)24-5-3-6-26(32)29(24)41-18-20-9-10-22-17-35(13-11-21(22)15-20)23-12-14-39-19-23/h3-10,15-16,23H,2,11-14,17-19H2,1H3,(H,37,38). The molecule has 0 saturated carbocycles. The van der Waals surface area contributed by atoms with Gasteiger partial charge in [0.1, 0.15) is 17.9 Å². The van der Waals surface area contributed by atoms with Crippen LogP contribution in [-0.2, 0) is 24.3 Å². The van der Waals surface area contributed by atoms with E-state index in [1.807, 2.05) is 24.3 Å². The van der Waals surface area contributed by atoms with Gasteiger partial charge in [0.05, 0.1) is 30.1 Å². The van der Waals surface area contributed by atoms with Crippen LogP contribution in [0.15, 0.2) is 60.8 Å². The molecule has 9 nitrogen and oxygen atoms in total. The summed E-state index contributed by atoms with van der Waals surface area (Å²) in [5, 5.41) is 14.2. The molecule has 41 heavy (non-hydrogen) atoms. The number of carboxylic acids is 1. The Labute approximate surface area is 243 Å².